The minimum absolute atomic E-state index is 0.0539. The van der Waals surface area contributed by atoms with Gasteiger partial charge in [0.1, 0.15) is 0 Å². The maximum absolute atomic E-state index is 11.7. The average molecular weight is 305 g/mol. The second-order valence-corrected chi connectivity index (χ2v) is 4.92. The molecule has 0 saturated carbocycles. The molecule has 0 aliphatic carbocycles. The molecule has 1 amide bonds. The van der Waals surface area contributed by atoms with Crippen LogP contribution in [0.25, 0.3) is 0 Å². The molecule has 0 bridgehead atoms. The van der Waals surface area contributed by atoms with E-state index in [-0.39, 0.29) is 12.8 Å². The minimum Gasteiger partial charge on any atom is -0.481 e. The number of nitrogens with one attached hydrogen (secondary N) is 1. The van der Waals surface area contributed by atoms with E-state index in [1.807, 2.05) is 0 Å². The predicted octanol–water partition coefficient (Wildman–Crippen LogP) is 2.43. The number of carboxylic acid groups (broad SMARTS) is 1. The summed E-state index contributed by atoms with van der Waals surface area (Å²) in [6.07, 6.45) is -0.116. The van der Waals surface area contributed by atoms with Gasteiger partial charge in [0.15, 0.2) is 0 Å². The molecule has 1 rings (SSSR count). The van der Waals surface area contributed by atoms with Gasteiger partial charge in [0, 0.05) is 11.4 Å². The molecule has 0 saturated heterocycles. The summed E-state index contributed by atoms with van der Waals surface area (Å²) >= 11 is 11.9. The van der Waals surface area contributed by atoms with Crippen LogP contribution in [0.4, 0.5) is 5.69 Å². The van der Waals surface area contributed by atoms with Crippen molar-refractivity contribution in [3.63, 3.8) is 0 Å². The molecule has 0 radical (unpaired) electrons. The summed E-state index contributed by atoms with van der Waals surface area (Å²) in [5.41, 5.74) is 6.73. The molecule has 0 spiro atoms. The Balaban J connectivity index is 2.71. The highest BCUT2D eigenvalue weighted by Gasteiger charge is 2.16. The summed E-state index contributed by atoms with van der Waals surface area (Å²) in [6, 6.07) is 2.25. The van der Waals surface area contributed by atoms with E-state index in [0.717, 1.165) is 5.56 Å². The topological polar surface area (TPSA) is 92.4 Å². The first-order valence-corrected chi connectivity index (χ1v) is 6.30. The van der Waals surface area contributed by atoms with Crippen molar-refractivity contribution in [3.05, 3.63) is 27.7 Å². The Bertz CT molecular complexity index is 506. The number of nitrogens with two attached hydrogens (primary N) is 1. The van der Waals surface area contributed by atoms with Gasteiger partial charge in [-0.1, -0.05) is 23.2 Å². The Labute approximate surface area is 120 Å². The fraction of sp³-hybridized carbons (Fsp3) is 0.333. The second kappa shape index (κ2) is 6.75. The predicted molar refractivity (Wildman–Crippen MR) is 74.7 cm³/mol. The third-order valence-corrected chi connectivity index (χ3v) is 3.23. The second-order valence-electron chi connectivity index (χ2n) is 4.11. The number of hydrogen-bond acceptors (Lipinski definition) is 3. The van der Waals surface area contributed by atoms with Gasteiger partial charge in [-0.25, -0.2) is 0 Å². The number of carbonyl (C=O) groups is 2. The van der Waals surface area contributed by atoms with Crippen LogP contribution in [-0.4, -0.2) is 23.0 Å². The molecule has 0 aromatic heterocycles. The molecule has 0 aliphatic rings. The quantitative estimate of drug-likeness (QED) is 0.779. The highest BCUT2D eigenvalue weighted by atomic mass is 35.5. The lowest BCUT2D eigenvalue weighted by Crippen LogP contribution is -2.36. The summed E-state index contributed by atoms with van der Waals surface area (Å²) in [7, 11) is 0. The smallest absolute Gasteiger partial charge is 0.303 e. The lowest BCUT2D eigenvalue weighted by molar-refractivity contribution is -0.137. The number of benzene rings is 1. The third kappa shape index (κ3) is 4.70. The average Bonchev–Trinajstić information content (AvgIpc) is 2.32. The first-order chi connectivity index (χ1) is 8.81. The number of halogens is 2. The van der Waals surface area contributed by atoms with Crippen LogP contribution in [-0.2, 0) is 9.59 Å². The highest BCUT2D eigenvalue weighted by molar-refractivity contribution is 6.36. The summed E-state index contributed by atoms with van der Waals surface area (Å²) in [4.78, 5) is 22.1. The summed E-state index contributed by atoms with van der Waals surface area (Å²) in [6.45, 7) is 1.79. The number of amides is 1. The van der Waals surface area contributed by atoms with Crippen LogP contribution >= 0.6 is 23.2 Å². The molecule has 0 fully saturated rings. The van der Waals surface area contributed by atoms with Gasteiger partial charge in [-0.05, 0) is 31.0 Å². The lowest BCUT2D eigenvalue weighted by atomic mass is 10.1. The molecule has 1 aromatic carbocycles. The number of aliphatic carboxylic acids is 1. The van der Waals surface area contributed by atoms with Crippen LogP contribution in [0.3, 0.4) is 0 Å². The molecular formula is C12H14Cl2N2O3. The summed E-state index contributed by atoms with van der Waals surface area (Å²) in [5, 5.41) is 11.9. The Hall–Kier alpha value is -1.30. The van der Waals surface area contributed by atoms with Crippen molar-refractivity contribution in [1.82, 2.24) is 0 Å². The Kier molecular flexibility index (Phi) is 5.60. The number of rotatable bonds is 5. The minimum atomic E-state index is -1.00. The number of aryl methyl sites for hydroxylation is 1. The van der Waals surface area contributed by atoms with Crippen LogP contribution in [0.1, 0.15) is 18.4 Å². The van der Waals surface area contributed by atoms with Gasteiger partial charge >= 0.3 is 5.97 Å². The zero-order valence-electron chi connectivity index (χ0n) is 10.2. The van der Waals surface area contributed by atoms with Crippen LogP contribution in [0.5, 0.6) is 0 Å². The summed E-state index contributed by atoms with van der Waals surface area (Å²) in [5.74, 6) is -1.50. The monoisotopic (exact) mass is 304 g/mol. The number of anilines is 1. The molecular weight excluding hydrogens is 291 g/mol. The van der Waals surface area contributed by atoms with Gasteiger partial charge in [-0.2, -0.15) is 0 Å². The van der Waals surface area contributed by atoms with Crippen molar-refractivity contribution in [3.8, 4) is 0 Å². The van der Waals surface area contributed by atoms with Crippen molar-refractivity contribution in [2.24, 2.45) is 5.73 Å². The molecule has 104 valence electrons. The van der Waals surface area contributed by atoms with Crippen molar-refractivity contribution < 1.29 is 14.7 Å². The molecule has 0 heterocycles. The van der Waals surface area contributed by atoms with E-state index in [1.54, 1.807) is 13.0 Å². The normalized spacial score (nSPS) is 12.0. The Morgan fingerprint density at radius 3 is 2.58 bits per heavy atom. The van der Waals surface area contributed by atoms with Gasteiger partial charge < -0.3 is 16.2 Å². The summed E-state index contributed by atoms with van der Waals surface area (Å²) < 4.78 is 0. The molecule has 4 N–H and O–H groups in total. The van der Waals surface area contributed by atoms with Gasteiger partial charge in [-0.3, -0.25) is 9.59 Å². The van der Waals surface area contributed by atoms with Gasteiger partial charge in [0.05, 0.1) is 16.8 Å². The molecule has 0 aliphatic heterocycles. The van der Waals surface area contributed by atoms with Crippen molar-refractivity contribution in [2.45, 2.75) is 25.8 Å². The van der Waals surface area contributed by atoms with Crippen molar-refractivity contribution >= 4 is 40.8 Å². The van der Waals surface area contributed by atoms with Crippen molar-refractivity contribution in [1.29, 1.82) is 0 Å². The van der Waals surface area contributed by atoms with E-state index in [9.17, 15) is 9.59 Å². The third-order valence-electron chi connectivity index (χ3n) is 2.51. The molecule has 7 heteroatoms. The first kappa shape index (κ1) is 15.8. The molecule has 19 heavy (non-hydrogen) atoms. The van der Waals surface area contributed by atoms with E-state index in [4.69, 9.17) is 34.0 Å². The number of carboxylic acids is 1. The fourth-order valence-electron chi connectivity index (χ4n) is 1.38. The van der Waals surface area contributed by atoms with E-state index < -0.39 is 17.9 Å². The molecule has 1 unspecified atom stereocenters. The van der Waals surface area contributed by atoms with Crippen LogP contribution in [0, 0.1) is 6.92 Å². The van der Waals surface area contributed by atoms with Crippen molar-refractivity contribution in [2.75, 3.05) is 5.32 Å². The molecule has 5 nitrogen and oxygen atoms in total. The van der Waals surface area contributed by atoms with Gasteiger partial charge in [-0.15, -0.1) is 0 Å². The van der Waals surface area contributed by atoms with Gasteiger partial charge in [0.25, 0.3) is 0 Å². The van der Waals surface area contributed by atoms with E-state index >= 15 is 0 Å². The molecule has 1 atom stereocenters. The van der Waals surface area contributed by atoms with E-state index in [0.29, 0.717) is 15.7 Å². The highest BCUT2D eigenvalue weighted by Crippen LogP contribution is 2.28. The zero-order chi connectivity index (χ0) is 14.6. The van der Waals surface area contributed by atoms with E-state index in [2.05, 4.69) is 5.32 Å². The Morgan fingerprint density at radius 1 is 1.37 bits per heavy atom. The SMILES string of the molecule is Cc1cc(Cl)c(NC(=O)C(N)CCC(=O)O)cc1Cl. The Morgan fingerprint density at radius 2 is 2.00 bits per heavy atom. The van der Waals surface area contributed by atoms with Crippen LogP contribution < -0.4 is 11.1 Å². The van der Waals surface area contributed by atoms with Crippen LogP contribution in [0.2, 0.25) is 10.0 Å². The number of carbonyl (C=O) groups excluding carboxylic acids is 1. The largest absolute Gasteiger partial charge is 0.481 e. The molecule has 1 aromatic rings. The first-order valence-electron chi connectivity index (χ1n) is 5.55. The fourth-order valence-corrected chi connectivity index (χ4v) is 1.81. The van der Waals surface area contributed by atoms with E-state index in [1.165, 1.54) is 6.07 Å². The lowest BCUT2D eigenvalue weighted by Gasteiger charge is -2.13. The zero-order valence-corrected chi connectivity index (χ0v) is 11.8. The maximum Gasteiger partial charge on any atom is 0.303 e. The van der Waals surface area contributed by atoms with Gasteiger partial charge in [0.2, 0.25) is 5.91 Å². The standard InChI is InChI=1S/C12H14Cl2N2O3/c1-6-4-8(14)10(5-7(6)13)16-12(19)9(15)2-3-11(17)18/h4-5,9H,2-3,15H2,1H3,(H,16,19)(H,17,18). The maximum atomic E-state index is 11.7. The number of hydrogen-bond donors (Lipinski definition) is 3. The van der Waals surface area contributed by atoms with Crippen LogP contribution in [0.15, 0.2) is 12.1 Å².